The fraction of sp³-hybridized carbons (Fsp3) is 1.00. The molecular formula is C7H16Cl2OSi. The van der Waals surface area contributed by atoms with Crippen LogP contribution >= 0.6 is 22.2 Å². The minimum atomic E-state index is -2.39. The van der Waals surface area contributed by atoms with Crippen LogP contribution in [0.1, 0.15) is 34.1 Å². The summed E-state index contributed by atoms with van der Waals surface area (Å²) in [6.07, 6.45) is 0.981. The maximum Gasteiger partial charge on any atom is 0.389 e. The Balaban J connectivity index is 3.91. The molecule has 0 saturated carbocycles. The third-order valence-corrected chi connectivity index (χ3v) is 4.59. The summed E-state index contributed by atoms with van der Waals surface area (Å²) in [6.45, 7) is 5.56. The summed E-state index contributed by atoms with van der Waals surface area (Å²) in [6, 6.07) is 0.799. The zero-order chi connectivity index (χ0) is 9.12. The van der Waals surface area contributed by atoms with E-state index >= 15 is 0 Å². The van der Waals surface area contributed by atoms with Crippen molar-refractivity contribution in [1.82, 2.24) is 0 Å². The molecule has 0 spiro atoms. The topological polar surface area (TPSA) is 9.23 Å². The Kier molecular flexibility index (Phi) is 4.41. The zero-order valence-corrected chi connectivity index (χ0v) is 10.1. The molecule has 0 saturated heterocycles. The Morgan fingerprint density at radius 3 is 2.00 bits per heavy atom. The lowest BCUT2D eigenvalue weighted by Crippen LogP contribution is -2.34. The van der Waals surface area contributed by atoms with Crippen LogP contribution in [-0.4, -0.2) is 12.5 Å². The number of hydrogen-bond acceptors (Lipinski definition) is 1. The molecule has 0 radical (unpaired) electrons. The summed E-state index contributed by atoms with van der Waals surface area (Å²) in [5.74, 6) is 0. The highest BCUT2D eigenvalue weighted by Crippen LogP contribution is 2.28. The van der Waals surface area contributed by atoms with E-state index in [0.29, 0.717) is 0 Å². The third kappa shape index (κ3) is 7.13. The molecule has 11 heavy (non-hydrogen) atoms. The lowest BCUT2D eigenvalue weighted by atomic mass is 10.2. The second-order valence-corrected chi connectivity index (χ2v) is 9.82. The standard InChI is InChI=1S/C7H16Cl2OSi/c1-5-6-11(8,9)10-7(2,3)4/h5-6H2,1-4H3. The van der Waals surface area contributed by atoms with Gasteiger partial charge in [0.2, 0.25) is 0 Å². The highest BCUT2D eigenvalue weighted by Gasteiger charge is 2.34. The maximum atomic E-state index is 6.00. The molecule has 0 heterocycles. The van der Waals surface area contributed by atoms with Gasteiger partial charge < -0.3 is 4.43 Å². The minimum Gasteiger partial charge on any atom is -0.387 e. The Morgan fingerprint density at radius 2 is 1.73 bits per heavy atom. The van der Waals surface area contributed by atoms with Crippen LogP contribution in [0.25, 0.3) is 0 Å². The average Bonchev–Trinajstić information content (AvgIpc) is 1.55. The molecule has 0 unspecified atom stereocenters. The van der Waals surface area contributed by atoms with E-state index < -0.39 is 6.94 Å². The molecule has 0 aromatic carbocycles. The van der Waals surface area contributed by atoms with E-state index in [2.05, 4.69) is 6.92 Å². The van der Waals surface area contributed by atoms with Crippen molar-refractivity contribution in [3.8, 4) is 0 Å². The van der Waals surface area contributed by atoms with Crippen LogP contribution < -0.4 is 0 Å². The second-order valence-electron chi connectivity index (χ2n) is 3.60. The molecule has 0 aliphatic heterocycles. The van der Waals surface area contributed by atoms with E-state index in [9.17, 15) is 0 Å². The Morgan fingerprint density at radius 1 is 1.27 bits per heavy atom. The van der Waals surface area contributed by atoms with Gasteiger partial charge in [-0.05, 0) is 26.8 Å². The highest BCUT2D eigenvalue weighted by molar-refractivity contribution is 7.42. The first-order chi connectivity index (χ1) is 4.77. The van der Waals surface area contributed by atoms with Gasteiger partial charge in [0.25, 0.3) is 0 Å². The summed E-state index contributed by atoms with van der Waals surface area (Å²) >= 11 is 12.0. The summed E-state index contributed by atoms with van der Waals surface area (Å²) in [4.78, 5) is 0. The summed E-state index contributed by atoms with van der Waals surface area (Å²) in [5.41, 5.74) is -0.217. The maximum absolute atomic E-state index is 6.00. The van der Waals surface area contributed by atoms with Gasteiger partial charge in [-0.1, -0.05) is 13.3 Å². The van der Waals surface area contributed by atoms with Crippen LogP contribution in [0.3, 0.4) is 0 Å². The van der Waals surface area contributed by atoms with Crippen molar-refractivity contribution in [2.45, 2.75) is 45.8 Å². The Bertz CT molecular complexity index is 120. The first kappa shape index (κ1) is 11.8. The van der Waals surface area contributed by atoms with Gasteiger partial charge in [-0.25, -0.2) is 0 Å². The Labute approximate surface area is 79.6 Å². The average molecular weight is 215 g/mol. The molecule has 0 N–H and O–H groups in total. The number of halogens is 2. The first-order valence-corrected chi connectivity index (χ1v) is 7.99. The van der Waals surface area contributed by atoms with Crippen LogP contribution in [-0.2, 0) is 4.43 Å². The lowest BCUT2D eigenvalue weighted by Gasteiger charge is -2.27. The van der Waals surface area contributed by atoms with E-state index in [1.165, 1.54) is 0 Å². The van der Waals surface area contributed by atoms with E-state index in [-0.39, 0.29) is 5.60 Å². The van der Waals surface area contributed by atoms with Crippen LogP contribution in [0.4, 0.5) is 0 Å². The van der Waals surface area contributed by atoms with Gasteiger partial charge in [0.15, 0.2) is 0 Å². The van der Waals surface area contributed by atoms with Gasteiger partial charge in [0.05, 0.1) is 5.60 Å². The molecule has 0 aliphatic carbocycles. The molecule has 0 aromatic rings. The van der Waals surface area contributed by atoms with Crippen molar-refractivity contribution in [3.63, 3.8) is 0 Å². The molecule has 0 amide bonds. The molecule has 0 bridgehead atoms. The lowest BCUT2D eigenvalue weighted by molar-refractivity contribution is 0.130. The van der Waals surface area contributed by atoms with Crippen molar-refractivity contribution in [1.29, 1.82) is 0 Å². The normalized spacial score (nSPS) is 13.6. The SMILES string of the molecule is CCC[Si](Cl)(Cl)OC(C)(C)C. The fourth-order valence-corrected chi connectivity index (χ4v) is 4.89. The van der Waals surface area contributed by atoms with Gasteiger partial charge in [-0.15, -0.1) is 22.2 Å². The van der Waals surface area contributed by atoms with E-state index in [1.807, 2.05) is 20.8 Å². The predicted molar refractivity (Wildman–Crippen MR) is 53.4 cm³/mol. The van der Waals surface area contributed by atoms with Gasteiger partial charge in [-0.3, -0.25) is 0 Å². The largest absolute Gasteiger partial charge is 0.389 e. The quantitative estimate of drug-likeness (QED) is 0.516. The molecular weight excluding hydrogens is 199 g/mol. The molecule has 0 rings (SSSR count). The van der Waals surface area contributed by atoms with Crippen molar-refractivity contribution in [3.05, 3.63) is 0 Å². The zero-order valence-electron chi connectivity index (χ0n) is 7.58. The van der Waals surface area contributed by atoms with E-state index in [0.717, 1.165) is 12.5 Å². The van der Waals surface area contributed by atoms with Crippen LogP contribution in [0, 0.1) is 0 Å². The Hall–Kier alpha value is 0.757. The molecule has 0 aromatic heterocycles. The monoisotopic (exact) mass is 214 g/mol. The van der Waals surface area contributed by atoms with Crippen LogP contribution in [0.15, 0.2) is 0 Å². The third-order valence-electron chi connectivity index (χ3n) is 0.997. The minimum absolute atomic E-state index is 0.217. The molecule has 4 heteroatoms. The van der Waals surface area contributed by atoms with E-state index in [1.54, 1.807) is 0 Å². The van der Waals surface area contributed by atoms with Crippen LogP contribution in [0.5, 0.6) is 0 Å². The number of rotatable bonds is 3. The van der Waals surface area contributed by atoms with Crippen molar-refractivity contribution in [2.75, 3.05) is 0 Å². The van der Waals surface area contributed by atoms with Crippen LogP contribution in [0.2, 0.25) is 6.04 Å². The molecule has 0 aliphatic rings. The fourth-order valence-electron chi connectivity index (χ4n) is 0.790. The summed E-state index contributed by atoms with van der Waals surface area (Å²) in [5, 5.41) is 0. The molecule has 68 valence electrons. The van der Waals surface area contributed by atoms with Crippen molar-refractivity contribution >= 4 is 29.1 Å². The predicted octanol–water partition coefficient (Wildman–Crippen LogP) is 3.63. The van der Waals surface area contributed by atoms with Crippen molar-refractivity contribution in [2.24, 2.45) is 0 Å². The van der Waals surface area contributed by atoms with Gasteiger partial charge in [-0.2, -0.15) is 0 Å². The van der Waals surface area contributed by atoms with E-state index in [4.69, 9.17) is 26.6 Å². The number of hydrogen-bond donors (Lipinski definition) is 0. The first-order valence-electron chi connectivity index (χ1n) is 3.85. The molecule has 0 atom stereocenters. The van der Waals surface area contributed by atoms with Crippen molar-refractivity contribution < 1.29 is 4.43 Å². The van der Waals surface area contributed by atoms with Gasteiger partial charge in [0, 0.05) is 0 Å². The summed E-state index contributed by atoms with van der Waals surface area (Å²) in [7, 11) is 0. The van der Waals surface area contributed by atoms with Gasteiger partial charge >= 0.3 is 6.94 Å². The smallest absolute Gasteiger partial charge is 0.387 e. The van der Waals surface area contributed by atoms with Gasteiger partial charge in [0.1, 0.15) is 0 Å². The summed E-state index contributed by atoms with van der Waals surface area (Å²) < 4.78 is 5.54. The molecule has 1 nitrogen and oxygen atoms in total. The second kappa shape index (κ2) is 4.12. The highest BCUT2D eigenvalue weighted by atomic mass is 35.7. The molecule has 0 fully saturated rings.